The molecule has 0 aliphatic carbocycles. The smallest absolute Gasteiger partial charge is 0.227 e. The molecule has 3 atom stereocenters. The van der Waals surface area contributed by atoms with E-state index in [9.17, 15) is 0 Å². The van der Waals surface area contributed by atoms with Crippen LogP contribution in [0.1, 0.15) is 45.1 Å². The molecule has 3 N–H and O–H groups in total. The SMILES string of the molecule is CC(C)C[C@H]1CN(C2CCCCN2c2nnc(N)[nH]2)[C@@H](Cc2ccc(Cl)cc2)CO1. The number of hydrogen-bond acceptors (Lipinski definition) is 6. The molecule has 2 aliphatic rings. The van der Waals surface area contributed by atoms with E-state index in [-0.39, 0.29) is 12.3 Å². The van der Waals surface area contributed by atoms with Gasteiger partial charge >= 0.3 is 0 Å². The maximum Gasteiger partial charge on any atom is 0.227 e. The first-order valence-corrected chi connectivity index (χ1v) is 11.4. The highest BCUT2D eigenvalue weighted by molar-refractivity contribution is 6.30. The first-order valence-electron chi connectivity index (χ1n) is 11.1. The lowest BCUT2D eigenvalue weighted by Crippen LogP contribution is -2.61. The number of rotatable bonds is 6. The molecular weight excluding hydrogens is 400 g/mol. The molecule has 0 radical (unpaired) electrons. The lowest BCUT2D eigenvalue weighted by molar-refractivity contribution is -0.0885. The zero-order chi connectivity index (χ0) is 21.1. The summed E-state index contributed by atoms with van der Waals surface area (Å²) < 4.78 is 6.32. The summed E-state index contributed by atoms with van der Waals surface area (Å²) in [7, 11) is 0. The highest BCUT2D eigenvalue weighted by Gasteiger charge is 2.38. The van der Waals surface area contributed by atoms with Crippen LogP contribution in [0, 0.1) is 5.92 Å². The molecule has 0 bridgehead atoms. The van der Waals surface area contributed by atoms with Gasteiger partial charge in [0.2, 0.25) is 11.9 Å². The molecule has 1 aromatic carbocycles. The number of nitrogen functional groups attached to an aromatic ring is 1. The van der Waals surface area contributed by atoms with Gasteiger partial charge in [-0.25, -0.2) is 0 Å². The van der Waals surface area contributed by atoms with Crippen LogP contribution in [-0.2, 0) is 11.2 Å². The normalized spacial score (nSPS) is 25.7. The van der Waals surface area contributed by atoms with Crippen LogP contribution < -0.4 is 10.6 Å². The number of hydrogen-bond donors (Lipinski definition) is 2. The first kappa shape index (κ1) is 21.4. The van der Waals surface area contributed by atoms with Crippen molar-refractivity contribution in [1.29, 1.82) is 0 Å². The Morgan fingerprint density at radius 1 is 1.23 bits per heavy atom. The predicted molar refractivity (Wildman–Crippen MR) is 121 cm³/mol. The molecule has 2 fully saturated rings. The molecule has 0 amide bonds. The third-order valence-electron chi connectivity index (χ3n) is 6.14. The van der Waals surface area contributed by atoms with Crippen molar-refractivity contribution in [2.75, 3.05) is 30.3 Å². The number of nitrogens with zero attached hydrogens (tertiary/aromatic N) is 4. The number of ether oxygens (including phenoxy) is 1. The van der Waals surface area contributed by atoms with Gasteiger partial charge in [-0.3, -0.25) is 9.88 Å². The third-order valence-corrected chi connectivity index (χ3v) is 6.40. The number of nitrogens with two attached hydrogens (primary N) is 1. The average Bonchev–Trinajstić information content (AvgIpc) is 3.16. The molecule has 2 saturated heterocycles. The van der Waals surface area contributed by atoms with Crippen molar-refractivity contribution < 1.29 is 4.74 Å². The summed E-state index contributed by atoms with van der Waals surface area (Å²) in [6.45, 7) is 7.15. The van der Waals surface area contributed by atoms with Crippen LogP contribution in [0.15, 0.2) is 24.3 Å². The monoisotopic (exact) mass is 432 g/mol. The highest BCUT2D eigenvalue weighted by atomic mass is 35.5. The fraction of sp³-hybridized carbons (Fsp3) is 0.636. The third kappa shape index (κ3) is 5.07. The summed E-state index contributed by atoms with van der Waals surface area (Å²) in [4.78, 5) is 8.13. The summed E-state index contributed by atoms with van der Waals surface area (Å²) in [5.41, 5.74) is 7.11. The molecule has 0 spiro atoms. The minimum absolute atomic E-state index is 0.259. The minimum Gasteiger partial charge on any atom is -0.375 e. The maximum atomic E-state index is 6.32. The van der Waals surface area contributed by atoms with Crippen molar-refractivity contribution in [3.63, 3.8) is 0 Å². The van der Waals surface area contributed by atoms with E-state index < -0.39 is 0 Å². The molecular formula is C22H33ClN6O. The van der Waals surface area contributed by atoms with E-state index >= 15 is 0 Å². The molecule has 0 saturated carbocycles. The minimum atomic E-state index is 0.259. The fourth-order valence-corrected chi connectivity index (χ4v) is 4.91. The van der Waals surface area contributed by atoms with Crippen LogP contribution in [-0.4, -0.2) is 58.1 Å². The van der Waals surface area contributed by atoms with E-state index in [2.05, 4.69) is 51.0 Å². The van der Waals surface area contributed by atoms with Gasteiger partial charge in [-0.2, -0.15) is 0 Å². The Bertz CT molecular complexity index is 810. The summed E-state index contributed by atoms with van der Waals surface area (Å²) in [6, 6.07) is 8.49. The standard InChI is InChI=1S/C22H33ClN6O/c1-15(2)11-19-13-29(18(14-30-19)12-16-6-8-17(23)9-7-16)20-5-3-4-10-28(20)22-25-21(24)26-27-22/h6-9,15,18-20H,3-5,10-14H2,1-2H3,(H3,24,25,26,27)/t18-,19-,20?/m0/s1. The maximum absolute atomic E-state index is 6.32. The van der Waals surface area contributed by atoms with Crippen molar-refractivity contribution in [2.24, 2.45) is 5.92 Å². The molecule has 7 nitrogen and oxygen atoms in total. The molecule has 164 valence electrons. The Morgan fingerprint density at radius 2 is 2.03 bits per heavy atom. The van der Waals surface area contributed by atoms with Crippen molar-refractivity contribution in [1.82, 2.24) is 20.1 Å². The molecule has 1 unspecified atom stereocenters. The van der Waals surface area contributed by atoms with E-state index in [1.165, 1.54) is 12.0 Å². The number of halogens is 1. The van der Waals surface area contributed by atoms with Gasteiger partial charge in [0.1, 0.15) is 0 Å². The van der Waals surface area contributed by atoms with E-state index in [1.807, 2.05) is 12.1 Å². The lowest BCUT2D eigenvalue weighted by Gasteiger charge is -2.49. The van der Waals surface area contributed by atoms with Gasteiger partial charge in [-0.05, 0) is 55.7 Å². The Balaban J connectivity index is 1.58. The second-order valence-electron chi connectivity index (χ2n) is 8.97. The Labute approximate surface area is 183 Å². The van der Waals surface area contributed by atoms with Gasteiger partial charge in [0, 0.05) is 24.2 Å². The van der Waals surface area contributed by atoms with Crippen molar-refractivity contribution in [2.45, 2.75) is 64.3 Å². The molecule has 8 heteroatoms. The predicted octanol–water partition coefficient (Wildman–Crippen LogP) is 3.71. The van der Waals surface area contributed by atoms with Crippen LogP contribution in [0.3, 0.4) is 0 Å². The number of benzene rings is 1. The highest BCUT2D eigenvalue weighted by Crippen LogP contribution is 2.30. The van der Waals surface area contributed by atoms with Crippen LogP contribution in [0.25, 0.3) is 0 Å². The van der Waals surface area contributed by atoms with E-state index in [0.717, 1.165) is 56.4 Å². The number of anilines is 2. The molecule has 30 heavy (non-hydrogen) atoms. The van der Waals surface area contributed by atoms with Crippen molar-refractivity contribution in [3.05, 3.63) is 34.9 Å². The molecule has 4 rings (SSSR count). The van der Waals surface area contributed by atoms with Gasteiger partial charge in [-0.15, -0.1) is 10.2 Å². The van der Waals surface area contributed by atoms with E-state index in [1.54, 1.807) is 0 Å². The van der Waals surface area contributed by atoms with Crippen LogP contribution >= 0.6 is 11.6 Å². The van der Waals surface area contributed by atoms with Crippen LogP contribution in [0.5, 0.6) is 0 Å². The van der Waals surface area contributed by atoms with Crippen molar-refractivity contribution in [3.8, 4) is 0 Å². The number of H-pyrrole nitrogens is 1. The number of piperidine rings is 1. The molecule has 1 aromatic heterocycles. The zero-order valence-electron chi connectivity index (χ0n) is 17.9. The molecule has 2 aromatic rings. The first-order chi connectivity index (χ1) is 14.5. The second-order valence-corrected chi connectivity index (χ2v) is 9.41. The van der Waals surface area contributed by atoms with Gasteiger partial charge in [-0.1, -0.05) is 37.6 Å². The van der Waals surface area contributed by atoms with E-state index in [4.69, 9.17) is 22.1 Å². The summed E-state index contributed by atoms with van der Waals surface area (Å²) in [6.07, 6.45) is 6.01. The summed E-state index contributed by atoms with van der Waals surface area (Å²) in [5.74, 6) is 1.75. The number of nitrogens with one attached hydrogen (secondary N) is 1. The van der Waals surface area contributed by atoms with Gasteiger partial charge < -0.3 is 15.4 Å². The quantitative estimate of drug-likeness (QED) is 0.723. The Kier molecular flexibility index (Phi) is 6.80. The summed E-state index contributed by atoms with van der Waals surface area (Å²) >= 11 is 6.09. The zero-order valence-corrected chi connectivity index (χ0v) is 18.7. The van der Waals surface area contributed by atoms with Crippen LogP contribution in [0.4, 0.5) is 11.9 Å². The summed E-state index contributed by atoms with van der Waals surface area (Å²) in [5, 5.41) is 9.06. The van der Waals surface area contributed by atoms with Gasteiger partial charge in [0.25, 0.3) is 0 Å². The van der Waals surface area contributed by atoms with Crippen molar-refractivity contribution >= 4 is 23.5 Å². The number of morpholine rings is 1. The molecule has 3 heterocycles. The van der Waals surface area contributed by atoms with Gasteiger partial charge in [0.15, 0.2) is 0 Å². The lowest BCUT2D eigenvalue weighted by atomic mass is 9.97. The Morgan fingerprint density at radius 3 is 2.73 bits per heavy atom. The van der Waals surface area contributed by atoms with E-state index in [0.29, 0.717) is 17.9 Å². The largest absolute Gasteiger partial charge is 0.375 e. The average molecular weight is 433 g/mol. The number of aromatic amines is 1. The number of aromatic nitrogens is 3. The second kappa shape index (κ2) is 9.54. The topological polar surface area (TPSA) is 83.3 Å². The van der Waals surface area contributed by atoms with Crippen LogP contribution in [0.2, 0.25) is 5.02 Å². The van der Waals surface area contributed by atoms with Gasteiger partial charge in [0.05, 0.1) is 18.9 Å². The fourth-order valence-electron chi connectivity index (χ4n) is 4.78. The molecule has 2 aliphatic heterocycles. The Hall–Kier alpha value is -1.83.